The van der Waals surface area contributed by atoms with Crippen LogP contribution in [0.25, 0.3) is 0 Å². The van der Waals surface area contributed by atoms with E-state index in [1.807, 2.05) is 0 Å². The number of carboxylic acid groups (broad SMARTS) is 1. The van der Waals surface area contributed by atoms with Crippen LogP contribution >= 0.6 is 0 Å². The van der Waals surface area contributed by atoms with E-state index >= 15 is 0 Å². The van der Waals surface area contributed by atoms with E-state index in [0.717, 1.165) is 32.1 Å². The molecule has 1 aliphatic heterocycles. The van der Waals surface area contributed by atoms with Crippen molar-refractivity contribution in [2.45, 2.75) is 82.3 Å². The van der Waals surface area contributed by atoms with E-state index in [0.29, 0.717) is 12.3 Å². The number of hydrogen-bond acceptors (Lipinski definition) is 2. The Bertz CT molecular complexity index is 406. The van der Waals surface area contributed by atoms with Crippen LogP contribution in [0.15, 0.2) is 0 Å². The van der Waals surface area contributed by atoms with Gasteiger partial charge in [-0.2, -0.15) is 0 Å². The zero-order valence-electron chi connectivity index (χ0n) is 12.6. The lowest BCUT2D eigenvalue weighted by Gasteiger charge is -2.34. The number of likely N-dealkylation sites (tertiary alicyclic amines) is 1. The first-order chi connectivity index (χ1) is 10.2. The first-order valence-electron chi connectivity index (χ1n) is 8.48. The molecule has 5 heteroatoms. The summed E-state index contributed by atoms with van der Waals surface area (Å²) >= 11 is 0. The molecule has 0 aromatic heterocycles. The minimum Gasteiger partial charge on any atom is -0.480 e. The molecular formula is C16H26N2O3. The van der Waals surface area contributed by atoms with Gasteiger partial charge < -0.3 is 15.3 Å². The lowest BCUT2D eigenvalue weighted by atomic mass is 9.85. The second-order valence-corrected chi connectivity index (χ2v) is 6.89. The number of carbonyl (C=O) groups is 2. The minimum absolute atomic E-state index is 0.135. The van der Waals surface area contributed by atoms with E-state index in [1.54, 1.807) is 4.90 Å². The molecule has 2 aliphatic carbocycles. The molecule has 0 spiro atoms. The zero-order valence-corrected chi connectivity index (χ0v) is 12.6. The Hall–Kier alpha value is -1.26. The molecular weight excluding hydrogens is 268 g/mol. The summed E-state index contributed by atoms with van der Waals surface area (Å²) in [5.74, 6) is -0.458. The number of nitrogens with zero attached hydrogens (tertiary/aromatic N) is 1. The molecule has 2 amide bonds. The largest absolute Gasteiger partial charge is 0.480 e. The SMILES string of the molecule is O=C(O)[C@@H]1C[C@H]2CCCC[C@H]2N1C(=O)NC1CCCCC1. The number of hydrogen-bond donors (Lipinski definition) is 2. The normalized spacial score (nSPS) is 33.5. The summed E-state index contributed by atoms with van der Waals surface area (Å²) in [4.78, 5) is 25.8. The molecule has 5 nitrogen and oxygen atoms in total. The molecule has 0 aromatic rings. The van der Waals surface area contributed by atoms with Gasteiger partial charge >= 0.3 is 12.0 Å². The quantitative estimate of drug-likeness (QED) is 0.822. The minimum atomic E-state index is -0.844. The van der Waals surface area contributed by atoms with Crippen LogP contribution in [0.5, 0.6) is 0 Å². The molecule has 0 unspecified atom stereocenters. The van der Waals surface area contributed by atoms with Gasteiger partial charge in [0.15, 0.2) is 0 Å². The van der Waals surface area contributed by atoms with Gasteiger partial charge in [-0.25, -0.2) is 9.59 Å². The van der Waals surface area contributed by atoms with Crippen LogP contribution in [-0.2, 0) is 4.79 Å². The number of carbonyl (C=O) groups excluding carboxylic acids is 1. The van der Waals surface area contributed by atoms with Gasteiger partial charge in [0.2, 0.25) is 0 Å². The Balaban J connectivity index is 1.69. The molecule has 3 aliphatic rings. The monoisotopic (exact) mass is 294 g/mol. The second-order valence-electron chi connectivity index (χ2n) is 6.89. The molecule has 1 saturated heterocycles. The number of aliphatic carboxylic acids is 1. The highest BCUT2D eigenvalue weighted by Crippen LogP contribution is 2.39. The van der Waals surface area contributed by atoms with Crippen molar-refractivity contribution in [2.75, 3.05) is 0 Å². The third kappa shape index (κ3) is 3.01. The highest BCUT2D eigenvalue weighted by atomic mass is 16.4. The Morgan fingerprint density at radius 2 is 1.62 bits per heavy atom. The molecule has 118 valence electrons. The van der Waals surface area contributed by atoms with Crippen LogP contribution in [0.4, 0.5) is 4.79 Å². The van der Waals surface area contributed by atoms with E-state index in [9.17, 15) is 14.7 Å². The zero-order chi connectivity index (χ0) is 14.8. The van der Waals surface area contributed by atoms with Crippen LogP contribution < -0.4 is 5.32 Å². The predicted molar refractivity (Wildman–Crippen MR) is 79.0 cm³/mol. The number of rotatable bonds is 2. The smallest absolute Gasteiger partial charge is 0.326 e. The van der Waals surface area contributed by atoms with Crippen molar-refractivity contribution in [1.29, 1.82) is 0 Å². The summed E-state index contributed by atoms with van der Waals surface area (Å²) in [6.45, 7) is 0. The van der Waals surface area contributed by atoms with Gasteiger partial charge in [-0.3, -0.25) is 0 Å². The maximum Gasteiger partial charge on any atom is 0.326 e. The molecule has 3 atom stereocenters. The molecule has 3 rings (SSSR count). The van der Waals surface area contributed by atoms with E-state index in [-0.39, 0.29) is 18.1 Å². The molecule has 2 saturated carbocycles. The van der Waals surface area contributed by atoms with Gasteiger partial charge in [0.05, 0.1) is 0 Å². The number of fused-ring (bicyclic) bond motifs is 1. The van der Waals surface area contributed by atoms with Crippen molar-refractivity contribution in [3.63, 3.8) is 0 Å². The molecule has 2 N–H and O–H groups in total. The average Bonchev–Trinajstić information content (AvgIpc) is 2.88. The Kier molecular flexibility index (Phi) is 4.36. The third-order valence-corrected chi connectivity index (χ3v) is 5.54. The molecule has 1 heterocycles. The van der Waals surface area contributed by atoms with Crippen molar-refractivity contribution in [3.05, 3.63) is 0 Å². The molecule has 0 radical (unpaired) electrons. The standard InChI is InChI=1S/C16H26N2O3/c19-15(20)14-10-11-6-4-5-9-13(11)18(14)16(21)17-12-7-2-1-3-8-12/h11-14H,1-10H2,(H,17,21)(H,19,20)/t11-,13-,14+/m1/s1. The number of amides is 2. The average molecular weight is 294 g/mol. The van der Waals surface area contributed by atoms with Crippen LogP contribution in [0.2, 0.25) is 0 Å². The first-order valence-corrected chi connectivity index (χ1v) is 8.48. The summed E-state index contributed by atoms with van der Waals surface area (Å²) in [5.41, 5.74) is 0. The van der Waals surface area contributed by atoms with Crippen LogP contribution in [0.3, 0.4) is 0 Å². The van der Waals surface area contributed by atoms with Gasteiger partial charge in [-0.1, -0.05) is 32.1 Å². The molecule has 3 fully saturated rings. The van der Waals surface area contributed by atoms with Gasteiger partial charge in [0.25, 0.3) is 0 Å². The van der Waals surface area contributed by atoms with Crippen molar-refractivity contribution < 1.29 is 14.7 Å². The summed E-state index contributed by atoms with van der Waals surface area (Å²) in [7, 11) is 0. The van der Waals surface area contributed by atoms with Crippen molar-refractivity contribution in [3.8, 4) is 0 Å². The Morgan fingerprint density at radius 3 is 2.33 bits per heavy atom. The van der Waals surface area contributed by atoms with Gasteiger partial charge in [0.1, 0.15) is 6.04 Å². The van der Waals surface area contributed by atoms with E-state index < -0.39 is 12.0 Å². The highest BCUT2D eigenvalue weighted by Gasteiger charge is 2.47. The molecule has 0 bridgehead atoms. The number of carboxylic acids is 1. The molecule has 21 heavy (non-hydrogen) atoms. The first kappa shape index (κ1) is 14.7. The van der Waals surface area contributed by atoms with Gasteiger partial charge in [-0.05, 0) is 38.0 Å². The lowest BCUT2D eigenvalue weighted by molar-refractivity contribution is -0.141. The highest BCUT2D eigenvalue weighted by molar-refractivity contribution is 5.84. The van der Waals surface area contributed by atoms with Crippen LogP contribution in [-0.4, -0.2) is 40.1 Å². The van der Waals surface area contributed by atoms with Crippen molar-refractivity contribution in [1.82, 2.24) is 10.2 Å². The summed E-state index contributed by atoms with van der Waals surface area (Å²) in [6.07, 6.45) is 10.6. The Morgan fingerprint density at radius 1 is 0.952 bits per heavy atom. The van der Waals surface area contributed by atoms with Gasteiger partial charge in [-0.15, -0.1) is 0 Å². The van der Waals surface area contributed by atoms with Crippen molar-refractivity contribution >= 4 is 12.0 Å². The van der Waals surface area contributed by atoms with Crippen molar-refractivity contribution in [2.24, 2.45) is 5.92 Å². The van der Waals surface area contributed by atoms with E-state index in [4.69, 9.17) is 0 Å². The number of urea groups is 1. The second kappa shape index (κ2) is 6.24. The fourth-order valence-corrected chi connectivity index (χ4v) is 4.47. The molecule has 0 aromatic carbocycles. The summed E-state index contributed by atoms with van der Waals surface area (Å²) < 4.78 is 0. The summed E-state index contributed by atoms with van der Waals surface area (Å²) in [5, 5.41) is 12.6. The van der Waals surface area contributed by atoms with Crippen LogP contribution in [0.1, 0.15) is 64.2 Å². The third-order valence-electron chi connectivity index (χ3n) is 5.54. The Labute approximate surface area is 126 Å². The fourth-order valence-electron chi connectivity index (χ4n) is 4.47. The predicted octanol–water partition coefficient (Wildman–Crippen LogP) is 2.75. The maximum absolute atomic E-state index is 12.6. The lowest BCUT2D eigenvalue weighted by Crippen LogP contribution is -2.53. The summed E-state index contributed by atoms with van der Waals surface area (Å²) in [6, 6.07) is -0.378. The topological polar surface area (TPSA) is 69.6 Å². The number of nitrogens with one attached hydrogen (secondary N) is 1. The van der Waals surface area contributed by atoms with Crippen LogP contribution in [0, 0.1) is 5.92 Å². The fraction of sp³-hybridized carbons (Fsp3) is 0.875. The van der Waals surface area contributed by atoms with E-state index in [1.165, 1.54) is 25.7 Å². The maximum atomic E-state index is 12.6. The van der Waals surface area contributed by atoms with Gasteiger partial charge in [0, 0.05) is 12.1 Å². The van der Waals surface area contributed by atoms with E-state index in [2.05, 4.69) is 5.32 Å².